The predicted octanol–water partition coefficient (Wildman–Crippen LogP) is 0.249. The summed E-state index contributed by atoms with van der Waals surface area (Å²) in [7, 11) is 0. The molecule has 0 aromatic rings. The first-order valence-electron chi connectivity index (χ1n) is 5.80. The maximum absolute atomic E-state index is 11.6. The fourth-order valence-electron chi connectivity index (χ4n) is 2.05. The predicted molar refractivity (Wildman–Crippen MR) is 59.2 cm³/mol. The molecular weight excluding hydrogens is 192 g/mol. The topological polar surface area (TPSA) is 75.4 Å². The van der Waals surface area contributed by atoms with E-state index >= 15 is 0 Å². The molecular formula is C11H22N2O2. The van der Waals surface area contributed by atoms with Crippen molar-refractivity contribution in [2.45, 2.75) is 38.6 Å². The van der Waals surface area contributed by atoms with Crippen molar-refractivity contribution in [2.24, 2.45) is 17.6 Å². The third kappa shape index (κ3) is 3.47. The van der Waals surface area contributed by atoms with Gasteiger partial charge < -0.3 is 16.2 Å². The van der Waals surface area contributed by atoms with Crippen molar-refractivity contribution < 1.29 is 9.90 Å². The maximum Gasteiger partial charge on any atom is 0.224 e. The zero-order chi connectivity index (χ0) is 11.3. The molecule has 0 radical (unpaired) electrons. The van der Waals surface area contributed by atoms with E-state index in [1.54, 1.807) is 0 Å². The molecule has 4 N–H and O–H groups in total. The van der Waals surface area contributed by atoms with Crippen LogP contribution in [0.3, 0.4) is 0 Å². The lowest BCUT2D eigenvalue weighted by Gasteiger charge is -2.31. The highest BCUT2D eigenvalue weighted by Gasteiger charge is 2.26. The average molecular weight is 214 g/mol. The van der Waals surface area contributed by atoms with Gasteiger partial charge in [0.1, 0.15) is 0 Å². The lowest BCUT2D eigenvalue weighted by molar-refractivity contribution is -0.125. The highest BCUT2D eigenvalue weighted by atomic mass is 16.3. The van der Waals surface area contributed by atoms with E-state index in [4.69, 9.17) is 5.73 Å². The van der Waals surface area contributed by atoms with Crippen LogP contribution in [0.2, 0.25) is 0 Å². The van der Waals surface area contributed by atoms with Crippen molar-refractivity contribution in [2.75, 3.05) is 13.2 Å². The molecule has 0 unspecified atom stereocenters. The number of aliphatic hydroxyl groups excluding tert-OH is 1. The van der Waals surface area contributed by atoms with E-state index in [2.05, 4.69) is 5.32 Å². The molecule has 0 aliphatic heterocycles. The van der Waals surface area contributed by atoms with E-state index in [-0.39, 0.29) is 30.4 Å². The number of amides is 1. The SMILES string of the molecule is C[C@H](CN)C(=O)N[C@H]1CCCC[C@@H]1CO. The molecule has 0 saturated heterocycles. The van der Waals surface area contributed by atoms with Crippen molar-refractivity contribution in [3.8, 4) is 0 Å². The molecule has 1 rings (SSSR count). The molecule has 0 heterocycles. The van der Waals surface area contributed by atoms with Crippen LogP contribution in [0.25, 0.3) is 0 Å². The van der Waals surface area contributed by atoms with Gasteiger partial charge in [-0.15, -0.1) is 0 Å². The molecule has 1 aliphatic rings. The Morgan fingerprint density at radius 1 is 1.53 bits per heavy atom. The summed E-state index contributed by atoms with van der Waals surface area (Å²) in [5.74, 6) is 0.113. The number of aliphatic hydroxyl groups is 1. The first-order valence-corrected chi connectivity index (χ1v) is 5.80. The van der Waals surface area contributed by atoms with Crippen LogP contribution in [-0.4, -0.2) is 30.2 Å². The van der Waals surface area contributed by atoms with E-state index in [9.17, 15) is 9.90 Å². The Morgan fingerprint density at radius 3 is 2.80 bits per heavy atom. The molecule has 3 atom stereocenters. The molecule has 0 spiro atoms. The zero-order valence-corrected chi connectivity index (χ0v) is 9.41. The van der Waals surface area contributed by atoms with Crippen molar-refractivity contribution in [3.05, 3.63) is 0 Å². The molecule has 1 fully saturated rings. The normalized spacial score (nSPS) is 28.5. The Balaban J connectivity index is 2.44. The number of nitrogens with one attached hydrogen (secondary N) is 1. The largest absolute Gasteiger partial charge is 0.396 e. The fraction of sp³-hybridized carbons (Fsp3) is 0.909. The van der Waals surface area contributed by atoms with Gasteiger partial charge in [-0.1, -0.05) is 19.8 Å². The smallest absolute Gasteiger partial charge is 0.224 e. The van der Waals surface area contributed by atoms with E-state index in [1.807, 2.05) is 6.92 Å². The van der Waals surface area contributed by atoms with Gasteiger partial charge in [0, 0.05) is 31.0 Å². The molecule has 0 aromatic carbocycles. The monoisotopic (exact) mass is 214 g/mol. The highest BCUT2D eigenvalue weighted by molar-refractivity contribution is 5.78. The summed E-state index contributed by atoms with van der Waals surface area (Å²) in [6.07, 6.45) is 4.29. The van der Waals surface area contributed by atoms with Crippen LogP contribution in [0, 0.1) is 11.8 Å². The zero-order valence-electron chi connectivity index (χ0n) is 9.41. The molecule has 4 heteroatoms. The van der Waals surface area contributed by atoms with E-state index in [0.717, 1.165) is 25.7 Å². The Kier molecular flexibility index (Phi) is 5.05. The van der Waals surface area contributed by atoms with Gasteiger partial charge in [0.15, 0.2) is 0 Å². The molecule has 15 heavy (non-hydrogen) atoms. The summed E-state index contributed by atoms with van der Waals surface area (Å²) < 4.78 is 0. The van der Waals surface area contributed by atoms with Crippen molar-refractivity contribution in [1.29, 1.82) is 0 Å². The minimum Gasteiger partial charge on any atom is -0.396 e. The second-order valence-corrected chi connectivity index (χ2v) is 4.48. The van der Waals surface area contributed by atoms with Crippen LogP contribution in [0.1, 0.15) is 32.6 Å². The molecule has 1 amide bonds. The van der Waals surface area contributed by atoms with Gasteiger partial charge >= 0.3 is 0 Å². The second-order valence-electron chi connectivity index (χ2n) is 4.48. The van der Waals surface area contributed by atoms with Gasteiger partial charge in [-0.05, 0) is 12.8 Å². The van der Waals surface area contributed by atoms with Crippen molar-refractivity contribution >= 4 is 5.91 Å². The number of hydrogen-bond donors (Lipinski definition) is 3. The molecule has 0 bridgehead atoms. The lowest BCUT2D eigenvalue weighted by atomic mass is 9.85. The van der Waals surface area contributed by atoms with Crippen molar-refractivity contribution in [3.63, 3.8) is 0 Å². The van der Waals surface area contributed by atoms with Crippen LogP contribution in [0.15, 0.2) is 0 Å². The summed E-state index contributed by atoms with van der Waals surface area (Å²) in [6.45, 7) is 2.37. The maximum atomic E-state index is 11.6. The number of hydrogen-bond acceptors (Lipinski definition) is 3. The minimum atomic E-state index is -0.133. The second kappa shape index (κ2) is 6.08. The number of nitrogens with two attached hydrogens (primary N) is 1. The van der Waals surface area contributed by atoms with Gasteiger partial charge in [0.25, 0.3) is 0 Å². The molecule has 1 aliphatic carbocycles. The average Bonchev–Trinajstić information content (AvgIpc) is 2.28. The molecule has 1 saturated carbocycles. The molecule has 0 aromatic heterocycles. The Morgan fingerprint density at radius 2 is 2.20 bits per heavy atom. The quantitative estimate of drug-likeness (QED) is 0.628. The van der Waals surface area contributed by atoms with Crippen LogP contribution < -0.4 is 11.1 Å². The standard InChI is InChI=1S/C11H22N2O2/c1-8(6-12)11(15)13-10-5-3-2-4-9(10)7-14/h8-10,14H,2-7,12H2,1H3,(H,13,15)/t8-,9-,10+/m1/s1. The minimum absolute atomic E-state index is 0.0165. The van der Waals surface area contributed by atoms with Gasteiger partial charge in [-0.2, -0.15) is 0 Å². The van der Waals surface area contributed by atoms with Crippen LogP contribution in [-0.2, 0) is 4.79 Å². The van der Waals surface area contributed by atoms with Crippen LogP contribution in [0.5, 0.6) is 0 Å². The number of carbonyl (C=O) groups is 1. The number of rotatable bonds is 4. The number of carbonyl (C=O) groups excluding carboxylic acids is 1. The Hall–Kier alpha value is -0.610. The Bertz CT molecular complexity index is 209. The van der Waals surface area contributed by atoms with Gasteiger partial charge in [0.2, 0.25) is 5.91 Å². The van der Waals surface area contributed by atoms with Gasteiger partial charge in [-0.3, -0.25) is 4.79 Å². The third-order valence-electron chi connectivity index (χ3n) is 3.27. The fourth-order valence-corrected chi connectivity index (χ4v) is 2.05. The van der Waals surface area contributed by atoms with E-state index in [0.29, 0.717) is 6.54 Å². The summed E-state index contributed by atoms with van der Waals surface area (Å²) in [5, 5.41) is 12.2. The third-order valence-corrected chi connectivity index (χ3v) is 3.27. The summed E-state index contributed by atoms with van der Waals surface area (Å²) >= 11 is 0. The van der Waals surface area contributed by atoms with Gasteiger partial charge in [-0.25, -0.2) is 0 Å². The van der Waals surface area contributed by atoms with E-state index in [1.165, 1.54) is 0 Å². The summed E-state index contributed by atoms with van der Waals surface area (Å²) in [5.41, 5.74) is 5.44. The lowest BCUT2D eigenvalue weighted by Crippen LogP contribution is -2.46. The molecule has 88 valence electrons. The Labute approximate surface area is 91.2 Å². The van der Waals surface area contributed by atoms with Gasteiger partial charge in [0.05, 0.1) is 0 Å². The summed E-state index contributed by atoms with van der Waals surface area (Å²) in [6, 6.07) is 0.144. The first-order chi connectivity index (χ1) is 7.19. The van der Waals surface area contributed by atoms with Crippen molar-refractivity contribution in [1.82, 2.24) is 5.32 Å². The summed E-state index contributed by atoms with van der Waals surface area (Å²) in [4.78, 5) is 11.6. The highest BCUT2D eigenvalue weighted by Crippen LogP contribution is 2.24. The van der Waals surface area contributed by atoms with Crippen LogP contribution in [0.4, 0.5) is 0 Å². The first kappa shape index (κ1) is 12.5. The van der Waals surface area contributed by atoms with E-state index < -0.39 is 0 Å². The molecule has 4 nitrogen and oxygen atoms in total. The van der Waals surface area contributed by atoms with Crippen LogP contribution >= 0.6 is 0 Å².